The number of hydrogen-bond acceptors (Lipinski definition) is 2. The molecule has 1 N–H and O–H groups in total. The first kappa shape index (κ1) is 11.6. The second-order valence-electron chi connectivity index (χ2n) is 4.53. The van der Waals surface area contributed by atoms with Crippen molar-refractivity contribution in [2.45, 2.75) is 38.8 Å². The van der Waals surface area contributed by atoms with Crippen LogP contribution in [0.25, 0.3) is 0 Å². The van der Waals surface area contributed by atoms with Gasteiger partial charge in [-0.05, 0) is 30.9 Å². The molecule has 0 fully saturated rings. The van der Waals surface area contributed by atoms with E-state index in [1.165, 1.54) is 11.1 Å². The average Bonchev–Trinajstić information content (AvgIpc) is 2.35. The zero-order chi connectivity index (χ0) is 11.4. The summed E-state index contributed by atoms with van der Waals surface area (Å²) in [7, 11) is 0. The molecule has 1 aliphatic heterocycles. The van der Waals surface area contributed by atoms with Crippen molar-refractivity contribution in [3.05, 3.63) is 35.4 Å². The Labute approximate surface area is 98.0 Å². The van der Waals surface area contributed by atoms with E-state index in [0.29, 0.717) is 6.04 Å². The molecule has 1 aromatic rings. The molecular weight excluding hydrogens is 198 g/mol. The molecule has 2 unspecified atom stereocenters. The van der Waals surface area contributed by atoms with Crippen LogP contribution in [0.1, 0.15) is 37.5 Å². The Morgan fingerprint density at radius 3 is 3.06 bits per heavy atom. The van der Waals surface area contributed by atoms with E-state index in [2.05, 4.69) is 43.4 Å². The number of benzene rings is 1. The summed E-state index contributed by atoms with van der Waals surface area (Å²) in [5, 5.41) is 3.52. The summed E-state index contributed by atoms with van der Waals surface area (Å²) in [4.78, 5) is 0. The first-order chi connectivity index (χ1) is 7.81. The molecule has 2 rings (SSSR count). The molecule has 2 nitrogen and oxygen atoms in total. The topological polar surface area (TPSA) is 21.3 Å². The normalized spacial score (nSPS) is 21.5. The van der Waals surface area contributed by atoms with E-state index in [9.17, 15) is 0 Å². The highest BCUT2D eigenvalue weighted by Crippen LogP contribution is 2.26. The molecule has 0 saturated carbocycles. The van der Waals surface area contributed by atoms with Crippen LogP contribution in [-0.4, -0.2) is 19.2 Å². The zero-order valence-corrected chi connectivity index (χ0v) is 10.2. The Bertz CT molecular complexity index is 337. The fraction of sp³-hybridized carbons (Fsp3) is 0.571. The molecule has 88 valence electrons. The van der Waals surface area contributed by atoms with Crippen molar-refractivity contribution in [2.24, 2.45) is 0 Å². The van der Waals surface area contributed by atoms with Crippen molar-refractivity contribution >= 4 is 0 Å². The summed E-state index contributed by atoms with van der Waals surface area (Å²) in [6.45, 7) is 6.19. The molecular formula is C14H21NO. The SMILES string of the molecule is CCC(C)NCC1OCCc2ccccc21. The van der Waals surface area contributed by atoms with Crippen LogP contribution in [0.5, 0.6) is 0 Å². The summed E-state index contributed by atoms with van der Waals surface area (Å²) in [5.41, 5.74) is 2.81. The summed E-state index contributed by atoms with van der Waals surface area (Å²) in [5.74, 6) is 0. The van der Waals surface area contributed by atoms with Gasteiger partial charge in [0, 0.05) is 12.6 Å². The van der Waals surface area contributed by atoms with Crippen molar-refractivity contribution in [3.63, 3.8) is 0 Å². The van der Waals surface area contributed by atoms with Gasteiger partial charge in [-0.25, -0.2) is 0 Å². The maximum atomic E-state index is 5.84. The van der Waals surface area contributed by atoms with Crippen molar-refractivity contribution in [1.82, 2.24) is 5.32 Å². The Kier molecular flexibility index (Phi) is 3.97. The van der Waals surface area contributed by atoms with Crippen LogP contribution in [0.2, 0.25) is 0 Å². The highest BCUT2D eigenvalue weighted by Gasteiger charge is 2.20. The van der Waals surface area contributed by atoms with Crippen molar-refractivity contribution < 1.29 is 4.74 Å². The fourth-order valence-electron chi connectivity index (χ4n) is 2.10. The van der Waals surface area contributed by atoms with Crippen LogP contribution in [0.3, 0.4) is 0 Å². The van der Waals surface area contributed by atoms with Crippen LogP contribution >= 0.6 is 0 Å². The summed E-state index contributed by atoms with van der Waals surface area (Å²) >= 11 is 0. The van der Waals surface area contributed by atoms with E-state index < -0.39 is 0 Å². The van der Waals surface area contributed by atoms with Crippen molar-refractivity contribution in [1.29, 1.82) is 0 Å². The molecule has 0 radical (unpaired) electrons. The lowest BCUT2D eigenvalue weighted by Gasteiger charge is -2.27. The van der Waals surface area contributed by atoms with Gasteiger partial charge in [0.15, 0.2) is 0 Å². The lowest BCUT2D eigenvalue weighted by atomic mass is 9.97. The number of fused-ring (bicyclic) bond motifs is 1. The van der Waals surface area contributed by atoms with Crippen LogP contribution in [0, 0.1) is 0 Å². The summed E-state index contributed by atoms with van der Waals surface area (Å²) in [6.07, 6.45) is 2.45. The van der Waals surface area contributed by atoms with Gasteiger partial charge in [-0.15, -0.1) is 0 Å². The van der Waals surface area contributed by atoms with Crippen molar-refractivity contribution in [2.75, 3.05) is 13.2 Å². The predicted molar refractivity (Wildman–Crippen MR) is 66.6 cm³/mol. The predicted octanol–water partition coefficient (Wildman–Crippen LogP) is 2.69. The third-order valence-electron chi connectivity index (χ3n) is 3.36. The minimum atomic E-state index is 0.235. The fourth-order valence-corrected chi connectivity index (χ4v) is 2.10. The Morgan fingerprint density at radius 2 is 2.25 bits per heavy atom. The van der Waals surface area contributed by atoms with Gasteiger partial charge >= 0.3 is 0 Å². The van der Waals surface area contributed by atoms with Gasteiger partial charge in [-0.2, -0.15) is 0 Å². The minimum absolute atomic E-state index is 0.235. The third kappa shape index (κ3) is 2.63. The van der Waals surface area contributed by atoms with E-state index in [4.69, 9.17) is 4.74 Å². The van der Waals surface area contributed by atoms with Gasteiger partial charge in [-0.1, -0.05) is 31.2 Å². The van der Waals surface area contributed by atoms with Gasteiger partial charge < -0.3 is 10.1 Å². The lowest BCUT2D eigenvalue weighted by Crippen LogP contribution is -2.32. The molecule has 0 amide bonds. The standard InChI is InChI=1S/C14H21NO/c1-3-11(2)15-10-14-13-7-5-4-6-12(13)8-9-16-14/h4-7,11,14-15H,3,8-10H2,1-2H3. The molecule has 0 spiro atoms. The molecule has 0 aromatic heterocycles. The largest absolute Gasteiger partial charge is 0.372 e. The Morgan fingerprint density at radius 1 is 1.44 bits per heavy atom. The highest BCUT2D eigenvalue weighted by atomic mass is 16.5. The van der Waals surface area contributed by atoms with Crippen LogP contribution < -0.4 is 5.32 Å². The highest BCUT2D eigenvalue weighted by molar-refractivity contribution is 5.31. The van der Waals surface area contributed by atoms with Crippen LogP contribution in [-0.2, 0) is 11.2 Å². The van der Waals surface area contributed by atoms with E-state index in [1.807, 2.05) is 0 Å². The van der Waals surface area contributed by atoms with Gasteiger partial charge in [0.1, 0.15) is 0 Å². The summed E-state index contributed by atoms with van der Waals surface area (Å²) < 4.78 is 5.84. The lowest BCUT2D eigenvalue weighted by molar-refractivity contribution is 0.0409. The molecule has 1 heterocycles. The Hall–Kier alpha value is -0.860. The molecule has 0 saturated heterocycles. The zero-order valence-electron chi connectivity index (χ0n) is 10.2. The summed E-state index contributed by atoms with van der Waals surface area (Å²) in [6, 6.07) is 9.19. The number of ether oxygens (including phenoxy) is 1. The quantitative estimate of drug-likeness (QED) is 0.840. The molecule has 2 heteroatoms. The second-order valence-corrected chi connectivity index (χ2v) is 4.53. The van der Waals surface area contributed by atoms with Crippen LogP contribution in [0.15, 0.2) is 24.3 Å². The van der Waals surface area contributed by atoms with Gasteiger partial charge in [0.25, 0.3) is 0 Å². The van der Waals surface area contributed by atoms with Crippen LogP contribution in [0.4, 0.5) is 0 Å². The molecule has 1 aromatic carbocycles. The van der Waals surface area contributed by atoms with Gasteiger partial charge in [-0.3, -0.25) is 0 Å². The van der Waals surface area contributed by atoms with Gasteiger partial charge in [0.2, 0.25) is 0 Å². The molecule has 2 atom stereocenters. The number of rotatable bonds is 4. The number of hydrogen-bond donors (Lipinski definition) is 1. The van der Waals surface area contributed by atoms with E-state index in [0.717, 1.165) is 26.0 Å². The Balaban J connectivity index is 2.01. The first-order valence-electron chi connectivity index (χ1n) is 6.24. The van der Waals surface area contributed by atoms with E-state index in [1.54, 1.807) is 0 Å². The molecule has 1 aliphatic rings. The first-order valence-corrected chi connectivity index (χ1v) is 6.24. The monoisotopic (exact) mass is 219 g/mol. The number of nitrogens with one attached hydrogen (secondary N) is 1. The van der Waals surface area contributed by atoms with Crippen molar-refractivity contribution in [3.8, 4) is 0 Å². The maximum absolute atomic E-state index is 5.84. The molecule has 0 bridgehead atoms. The minimum Gasteiger partial charge on any atom is -0.372 e. The smallest absolute Gasteiger partial charge is 0.0952 e. The second kappa shape index (κ2) is 5.46. The third-order valence-corrected chi connectivity index (χ3v) is 3.36. The van der Waals surface area contributed by atoms with E-state index in [-0.39, 0.29) is 6.10 Å². The van der Waals surface area contributed by atoms with Gasteiger partial charge in [0.05, 0.1) is 12.7 Å². The molecule has 16 heavy (non-hydrogen) atoms. The molecule has 0 aliphatic carbocycles. The van der Waals surface area contributed by atoms with E-state index >= 15 is 0 Å². The average molecular weight is 219 g/mol. The maximum Gasteiger partial charge on any atom is 0.0952 e.